The number of nitrogens with one attached hydrogen (secondary N) is 1. The SMILES string of the molecule is Cc1ccc(-c2nc3ccc(C(=O)OC(C)C(=O)Nc4cc(C)cc(C)c4)cc3nc2-c2ccc(C)cc2)cc1. The molecule has 1 amide bonds. The molecule has 0 bridgehead atoms. The first-order valence-corrected chi connectivity index (χ1v) is 13.2. The van der Waals surface area contributed by atoms with Crippen molar-refractivity contribution in [3.63, 3.8) is 0 Å². The standard InChI is InChI=1S/C34H31N3O3/c1-20-6-10-25(11-7-20)31-32(26-12-8-21(2)9-13-26)37-30-19-27(14-15-29(30)36-31)34(39)40-24(5)33(38)35-28-17-22(3)16-23(4)18-28/h6-19,24H,1-5H3,(H,35,38). The minimum atomic E-state index is -0.984. The fraction of sp³-hybridized carbons (Fsp3) is 0.176. The maximum Gasteiger partial charge on any atom is 0.338 e. The van der Waals surface area contributed by atoms with Gasteiger partial charge in [-0.15, -0.1) is 0 Å². The number of rotatable bonds is 6. The number of anilines is 1. The average molecular weight is 530 g/mol. The van der Waals surface area contributed by atoms with Crippen molar-refractivity contribution in [2.45, 2.75) is 40.7 Å². The molecule has 1 heterocycles. The van der Waals surface area contributed by atoms with Crippen LogP contribution in [0.15, 0.2) is 84.9 Å². The van der Waals surface area contributed by atoms with Gasteiger partial charge in [0.25, 0.3) is 5.91 Å². The Labute approximate surface area is 234 Å². The minimum absolute atomic E-state index is 0.297. The zero-order valence-electron chi connectivity index (χ0n) is 23.3. The molecule has 1 unspecified atom stereocenters. The van der Waals surface area contributed by atoms with Gasteiger partial charge >= 0.3 is 5.97 Å². The zero-order chi connectivity index (χ0) is 28.4. The van der Waals surface area contributed by atoms with Gasteiger partial charge in [0.2, 0.25) is 0 Å². The van der Waals surface area contributed by atoms with E-state index >= 15 is 0 Å². The normalized spacial score (nSPS) is 11.7. The molecule has 0 aliphatic rings. The van der Waals surface area contributed by atoms with Crippen molar-refractivity contribution >= 4 is 28.6 Å². The molecule has 40 heavy (non-hydrogen) atoms. The van der Waals surface area contributed by atoms with E-state index in [1.165, 1.54) is 0 Å². The van der Waals surface area contributed by atoms with Gasteiger partial charge < -0.3 is 10.1 Å². The van der Waals surface area contributed by atoms with Crippen LogP contribution in [-0.2, 0) is 9.53 Å². The monoisotopic (exact) mass is 529 g/mol. The van der Waals surface area contributed by atoms with Crippen LogP contribution in [0, 0.1) is 27.7 Å². The fourth-order valence-corrected chi connectivity index (χ4v) is 4.58. The van der Waals surface area contributed by atoms with Gasteiger partial charge in [-0.3, -0.25) is 4.79 Å². The number of ether oxygens (including phenoxy) is 1. The lowest BCUT2D eigenvalue weighted by Gasteiger charge is -2.15. The molecule has 1 aromatic heterocycles. The smallest absolute Gasteiger partial charge is 0.338 e. The third kappa shape index (κ3) is 5.91. The molecule has 6 heteroatoms. The molecular formula is C34H31N3O3. The number of hydrogen-bond donors (Lipinski definition) is 1. The maximum atomic E-state index is 13.0. The van der Waals surface area contributed by atoms with E-state index in [-0.39, 0.29) is 0 Å². The summed E-state index contributed by atoms with van der Waals surface area (Å²) in [5.41, 5.74) is 9.95. The lowest BCUT2D eigenvalue weighted by molar-refractivity contribution is -0.123. The first kappa shape index (κ1) is 26.8. The van der Waals surface area contributed by atoms with Crippen molar-refractivity contribution in [1.82, 2.24) is 9.97 Å². The largest absolute Gasteiger partial charge is 0.449 e. The summed E-state index contributed by atoms with van der Waals surface area (Å²) in [5, 5.41) is 2.83. The van der Waals surface area contributed by atoms with Gasteiger partial charge in [-0.1, -0.05) is 65.7 Å². The molecule has 6 nitrogen and oxygen atoms in total. The molecule has 0 saturated carbocycles. The third-order valence-electron chi connectivity index (χ3n) is 6.69. The highest BCUT2D eigenvalue weighted by molar-refractivity contribution is 5.99. The van der Waals surface area contributed by atoms with E-state index < -0.39 is 18.0 Å². The summed E-state index contributed by atoms with van der Waals surface area (Å²) in [6.45, 7) is 9.56. The van der Waals surface area contributed by atoms with E-state index in [1.54, 1.807) is 25.1 Å². The van der Waals surface area contributed by atoms with E-state index in [4.69, 9.17) is 14.7 Å². The van der Waals surface area contributed by atoms with E-state index in [0.717, 1.165) is 44.8 Å². The topological polar surface area (TPSA) is 81.2 Å². The molecule has 0 aliphatic heterocycles. The second kappa shape index (κ2) is 11.1. The molecule has 1 atom stereocenters. The summed E-state index contributed by atoms with van der Waals surface area (Å²) in [5.74, 6) is -1.01. The second-order valence-corrected chi connectivity index (χ2v) is 10.3. The summed E-state index contributed by atoms with van der Waals surface area (Å²) in [6.07, 6.45) is -0.984. The highest BCUT2D eigenvalue weighted by atomic mass is 16.5. The van der Waals surface area contributed by atoms with Crippen LogP contribution >= 0.6 is 0 Å². The number of hydrogen-bond acceptors (Lipinski definition) is 5. The summed E-state index contributed by atoms with van der Waals surface area (Å²) in [7, 11) is 0. The van der Waals surface area contributed by atoms with Gasteiger partial charge in [0.1, 0.15) is 0 Å². The molecule has 5 rings (SSSR count). The van der Waals surface area contributed by atoms with E-state index in [2.05, 4.69) is 17.4 Å². The number of carbonyl (C=O) groups excluding carboxylic acids is 2. The third-order valence-corrected chi connectivity index (χ3v) is 6.69. The molecule has 0 saturated heterocycles. The van der Waals surface area contributed by atoms with Crippen molar-refractivity contribution in [2.75, 3.05) is 5.32 Å². The van der Waals surface area contributed by atoms with Gasteiger partial charge in [-0.05, 0) is 76.1 Å². The Morgan fingerprint density at radius 3 is 1.73 bits per heavy atom. The van der Waals surface area contributed by atoms with Crippen LogP contribution in [-0.4, -0.2) is 27.9 Å². The number of esters is 1. The zero-order valence-corrected chi connectivity index (χ0v) is 23.3. The van der Waals surface area contributed by atoms with Crippen molar-refractivity contribution < 1.29 is 14.3 Å². The van der Waals surface area contributed by atoms with Crippen LogP contribution in [0.4, 0.5) is 5.69 Å². The Morgan fingerprint density at radius 2 is 1.18 bits per heavy atom. The van der Waals surface area contributed by atoms with Crippen LogP contribution in [0.3, 0.4) is 0 Å². The predicted octanol–water partition coefficient (Wildman–Crippen LogP) is 7.38. The molecular weight excluding hydrogens is 498 g/mol. The molecule has 0 spiro atoms. The number of carbonyl (C=O) groups is 2. The molecule has 0 fully saturated rings. The maximum absolute atomic E-state index is 13.0. The number of aryl methyl sites for hydroxylation is 4. The first-order chi connectivity index (χ1) is 19.2. The van der Waals surface area contributed by atoms with E-state index in [0.29, 0.717) is 22.3 Å². The number of amides is 1. The van der Waals surface area contributed by atoms with Crippen LogP contribution in [0.2, 0.25) is 0 Å². The summed E-state index contributed by atoms with van der Waals surface area (Å²) >= 11 is 0. The van der Waals surface area contributed by atoms with Gasteiger partial charge in [0.15, 0.2) is 6.10 Å². The van der Waals surface area contributed by atoms with Crippen molar-refractivity contribution in [2.24, 2.45) is 0 Å². The highest BCUT2D eigenvalue weighted by Gasteiger charge is 2.21. The predicted molar refractivity (Wildman–Crippen MR) is 159 cm³/mol. The fourth-order valence-electron chi connectivity index (χ4n) is 4.58. The van der Waals surface area contributed by atoms with Gasteiger partial charge in [-0.25, -0.2) is 14.8 Å². The Kier molecular flexibility index (Phi) is 7.43. The highest BCUT2D eigenvalue weighted by Crippen LogP contribution is 2.31. The van der Waals surface area contributed by atoms with Crippen LogP contribution < -0.4 is 5.32 Å². The Balaban J connectivity index is 1.44. The number of fused-ring (bicyclic) bond motifs is 1. The van der Waals surface area contributed by atoms with Crippen LogP contribution in [0.5, 0.6) is 0 Å². The summed E-state index contributed by atoms with van der Waals surface area (Å²) in [4.78, 5) is 35.6. The Hall–Kier alpha value is -4.84. The van der Waals surface area contributed by atoms with E-state index in [1.807, 2.05) is 82.3 Å². The summed E-state index contributed by atoms with van der Waals surface area (Å²) < 4.78 is 5.51. The first-order valence-electron chi connectivity index (χ1n) is 13.2. The van der Waals surface area contributed by atoms with Gasteiger partial charge in [0.05, 0.1) is 28.0 Å². The Bertz CT molecular complexity index is 1700. The second-order valence-electron chi connectivity index (χ2n) is 10.3. The van der Waals surface area contributed by atoms with Crippen molar-refractivity contribution in [3.05, 3.63) is 113 Å². The molecule has 0 aliphatic carbocycles. The minimum Gasteiger partial charge on any atom is -0.449 e. The lowest BCUT2D eigenvalue weighted by Crippen LogP contribution is -2.30. The molecule has 200 valence electrons. The summed E-state index contributed by atoms with van der Waals surface area (Å²) in [6, 6.07) is 27.2. The number of nitrogens with zero attached hydrogens (tertiary/aromatic N) is 2. The number of aromatic nitrogens is 2. The van der Waals surface area contributed by atoms with Gasteiger partial charge in [0, 0.05) is 16.8 Å². The lowest BCUT2D eigenvalue weighted by atomic mass is 10.0. The quantitative estimate of drug-likeness (QED) is 0.232. The van der Waals surface area contributed by atoms with Crippen LogP contribution in [0.25, 0.3) is 33.5 Å². The average Bonchev–Trinajstić information content (AvgIpc) is 2.92. The van der Waals surface area contributed by atoms with Gasteiger partial charge in [-0.2, -0.15) is 0 Å². The molecule has 1 N–H and O–H groups in total. The molecule has 5 aromatic rings. The molecule has 0 radical (unpaired) electrons. The van der Waals surface area contributed by atoms with Crippen LogP contribution in [0.1, 0.15) is 39.5 Å². The molecule has 4 aromatic carbocycles. The Morgan fingerprint density at radius 1 is 0.650 bits per heavy atom. The number of benzene rings is 4. The van der Waals surface area contributed by atoms with E-state index in [9.17, 15) is 9.59 Å². The van der Waals surface area contributed by atoms with Crippen molar-refractivity contribution in [1.29, 1.82) is 0 Å². The van der Waals surface area contributed by atoms with Crippen molar-refractivity contribution in [3.8, 4) is 22.5 Å².